The monoisotopic (exact) mass is 158 g/mol. The lowest BCUT2D eigenvalue weighted by atomic mass is 9.65. The molecule has 0 radical (unpaired) electrons. The molecule has 11 heavy (non-hydrogen) atoms. The van der Waals surface area contributed by atoms with E-state index in [9.17, 15) is 5.11 Å². The maximum atomic E-state index is 9.31. The number of aliphatic hydroxyl groups excluding tert-OH is 1. The summed E-state index contributed by atoms with van der Waals surface area (Å²) in [6.45, 7) is 10.2. The molecule has 0 aliphatic carbocycles. The SMILES string of the molecule is CC(O)C1OC(C)(C)C1(C)C. The third-order valence-corrected chi connectivity index (χ3v) is 3.12. The number of rotatable bonds is 1. The minimum Gasteiger partial charge on any atom is -0.391 e. The molecule has 2 unspecified atom stereocenters. The van der Waals surface area contributed by atoms with Crippen LogP contribution in [0.2, 0.25) is 0 Å². The van der Waals surface area contributed by atoms with Gasteiger partial charge in [-0.15, -0.1) is 0 Å². The van der Waals surface area contributed by atoms with Crippen LogP contribution in [0.15, 0.2) is 0 Å². The third kappa shape index (κ3) is 1.09. The van der Waals surface area contributed by atoms with Gasteiger partial charge < -0.3 is 9.84 Å². The van der Waals surface area contributed by atoms with Gasteiger partial charge in [0.25, 0.3) is 0 Å². The molecular weight excluding hydrogens is 140 g/mol. The fourth-order valence-electron chi connectivity index (χ4n) is 1.60. The second-order valence-corrected chi connectivity index (χ2v) is 4.51. The molecule has 2 nitrogen and oxygen atoms in total. The number of aliphatic hydroxyl groups is 1. The van der Waals surface area contributed by atoms with E-state index in [0.717, 1.165) is 0 Å². The summed E-state index contributed by atoms with van der Waals surface area (Å²) in [5.74, 6) is 0. The van der Waals surface area contributed by atoms with Crippen LogP contribution in [0.5, 0.6) is 0 Å². The zero-order chi connectivity index (χ0) is 8.86. The summed E-state index contributed by atoms with van der Waals surface area (Å²) < 4.78 is 5.55. The molecule has 0 bridgehead atoms. The summed E-state index contributed by atoms with van der Waals surface area (Å²) in [5, 5.41) is 9.31. The van der Waals surface area contributed by atoms with Crippen LogP contribution in [0, 0.1) is 5.41 Å². The first-order valence-electron chi connectivity index (χ1n) is 4.15. The maximum absolute atomic E-state index is 9.31. The molecular formula is C9H18O2. The van der Waals surface area contributed by atoms with Crippen molar-refractivity contribution in [3.05, 3.63) is 0 Å². The van der Waals surface area contributed by atoms with Crippen LogP contribution in [0.25, 0.3) is 0 Å². The third-order valence-electron chi connectivity index (χ3n) is 3.12. The van der Waals surface area contributed by atoms with Gasteiger partial charge in [0, 0.05) is 5.41 Å². The van der Waals surface area contributed by atoms with Crippen molar-refractivity contribution in [3.63, 3.8) is 0 Å². The van der Waals surface area contributed by atoms with E-state index in [4.69, 9.17) is 4.74 Å². The first-order chi connectivity index (χ1) is 4.79. The molecule has 1 aliphatic heterocycles. The van der Waals surface area contributed by atoms with Crippen LogP contribution < -0.4 is 0 Å². The first-order valence-corrected chi connectivity index (χ1v) is 4.15. The lowest BCUT2D eigenvalue weighted by Gasteiger charge is -2.59. The molecule has 1 saturated heterocycles. The minimum atomic E-state index is -0.363. The fourth-order valence-corrected chi connectivity index (χ4v) is 1.60. The average Bonchev–Trinajstić information content (AvgIpc) is 1.82. The van der Waals surface area contributed by atoms with Gasteiger partial charge in [-0.1, -0.05) is 13.8 Å². The van der Waals surface area contributed by atoms with Crippen LogP contribution in [0.4, 0.5) is 0 Å². The molecule has 1 heterocycles. The summed E-state index contributed by atoms with van der Waals surface area (Å²) in [5.41, 5.74) is -0.00414. The van der Waals surface area contributed by atoms with Crippen molar-refractivity contribution in [2.45, 2.75) is 52.4 Å². The van der Waals surface area contributed by atoms with Gasteiger partial charge in [-0.3, -0.25) is 0 Å². The molecule has 0 saturated carbocycles. The Morgan fingerprint density at radius 2 is 1.73 bits per heavy atom. The van der Waals surface area contributed by atoms with Gasteiger partial charge in [-0.2, -0.15) is 0 Å². The number of hydrogen-bond donors (Lipinski definition) is 1. The van der Waals surface area contributed by atoms with E-state index in [0.29, 0.717) is 0 Å². The number of hydrogen-bond acceptors (Lipinski definition) is 2. The van der Waals surface area contributed by atoms with E-state index >= 15 is 0 Å². The maximum Gasteiger partial charge on any atom is 0.0916 e. The molecule has 2 atom stereocenters. The van der Waals surface area contributed by atoms with Crippen LogP contribution in [-0.4, -0.2) is 22.9 Å². The largest absolute Gasteiger partial charge is 0.391 e. The van der Waals surface area contributed by atoms with Crippen LogP contribution in [0.1, 0.15) is 34.6 Å². The molecule has 0 aromatic carbocycles. The lowest BCUT2D eigenvalue weighted by Crippen LogP contribution is -2.66. The minimum absolute atomic E-state index is 0.00231. The molecule has 0 spiro atoms. The molecule has 0 aromatic heterocycles. The quantitative estimate of drug-likeness (QED) is 0.627. The van der Waals surface area contributed by atoms with Crippen molar-refractivity contribution in [3.8, 4) is 0 Å². The highest BCUT2D eigenvalue weighted by molar-refractivity contribution is 5.04. The fraction of sp³-hybridized carbons (Fsp3) is 1.00. The van der Waals surface area contributed by atoms with E-state index in [1.807, 2.05) is 0 Å². The molecule has 1 aliphatic rings. The van der Waals surface area contributed by atoms with Gasteiger partial charge >= 0.3 is 0 Å². The highest BCUT2D eigenvalue weighted by atomic mass is 16.6. The molecule has 1 N–H and O–H groups in total. The van der Waals surface area contributed by atoms with Gasteiger partial charge in [0.05, 0.1) is 17.8 Å². The van der Waals surface area contributed by atoms with Gasteiger partial charge in [-0.25, -0.2) is 0 Å². The van der Waals surface area contributed by atoms with Crippen LogP contribution in [0.3, 0.4) is 0 Å². The summed E-state index contributed by atoms with van der Waals surface area (Å²) in [7, 11) is 0. The van der Waals surface area contributed by atoms with Crippen LogP contribution in [-0.2, 0) is 4.74 Å². The Balaban J connectivity index is 2.69. The molecule has 66 valence electrons. The normalized spacial score (nSPS) is 36.0. The Morgan fingerprint density at radius 3 is 1.82 bits per heavy atom. The zero-order valence-corrected chi connectivity index (χ0v) is 8.01. The Labute approximate surface area is 68.6 Å². The topological polar surface area (TPSA) is 29.5 Å². The van der Waals surface area contributed by atoms with Crippen molar-refractivity contribution < 1.29 is 9.84 Å². The molecule has 1 fully saturated rings. The van der Waals surface area contributed by atoms with Gasteiger partial charge in [0.2, 0.25) is 0 Å². The van der Waals surface area contributed by atoms with E-state index in [2.05, 4.69) is 27.7 Å². The van der Waals surface area contributed by atoms with E-state index < -0.39 is 0 Å². The van der Waals surface area contributed by atoms with Gasteiger partial charge in [0.15, 0.2) is 0 Å². The summed E-state index contributed by atoms with van der Waals surface area (Å²) in [6.07, 6.45) is -0.365. The Kier molecular flexibility index (Phi) is 1.81. The van der Waals surface area contributed by atoms with Crippen LogP contribution >= 0.6 is 0 Å². The first kappa shape index (κ1) is 9.01. The van der Waals surface area contributed by atoms with Gasteiger partial charge in [-0.05, 0) is 20.8 Å². The van der Waals surface area contributed by atoms with Crippen molar-refractivity contribution in [1.29, 1.82) is 0 Å². The predicted octanol–water partition coefficient (Wildman–Crippen LogP) is 1.57. The smallest absolute Gasteiger partial charge is 0.0916 e. The summed E-state index contributed by atoms with van der Waals surface area (Å²) in [6, 6.07) is 0. The van der Waals surface area contributed by atoms with E-state index in [-0.39, 0.29) is 23.2 Å². The van der Waals surface area contributed by atoms with Crippen molar-refractivity contribution in [2.24, 2.45) is 5.41 Å². The van der Waals surface area contributed by atoms with Crippen molar-refractivity contribution in [1.82, 2.24) is 0 Å². The van der Waals surface area contributed by atoms with E-state index in [1.165, 1.54) is 0 Å². The van der Waals surface area contributed by atoms with Crippen molar-refractivity contribution >= 4 is 0 Å². The highest BCUT2D eigenvalue weighted by Gasteiger charge is 2.57. The average molecular weight is 158 g/mol. The predicted molar refractivity (Wildman–Crippen MR) is 44.4 cm³/mol. The summed E-state index contributed by atoms with van der Waals surface area (Å²) in [4.78, 5) is 0. The molecule has 1 rings (SSSR count). The standard InChI is InChI=1S/C9H18O2/c1-6(10)7-8(2,3)9(4,5)11-7/h6-7,10H,1-5H3. The second-order valence-electron chi connectivity index (χ2n) is 4.51. The zero-order valence-electron chi connectivity index (χ0n) is 8.01. The molecule has 2 heteroatoms. The Hall–Kier alpha value is -0.0800. The Bertz CT molecular complexity index is 159. The summed E-state index contributed by atoms with van der Waals surface area (Å²) >= 11 is 0. The van der Waals surface area contributed by atoms with E-state index in [1.54, 1.807) is 6.92 Å². The van der Waals surface area contributed by atoms with Gasteiger partial charge in [0.1, 0.15) is 0 Å². The Morgan fingerprint density at radius 1 is 1.27 bits per heavy atom. The molecule has 0 aromatic rings. The highest BCUT2D eigenvalue weighted by Crippen LogP contribution is 2.50. The molecule has 0 amide bonds. The lowest BCUT2D eigenvalue weighted by molar-refractivity contribution is -0.313. The van der Waals surface area contributed by atoms with Crippen molar-refractivity contribution in [2.75, 3.05) is 0 Å². The second kappa shape index (κ2) is 2.20. The number of ether oxygens (including phenoxy) is 1.